The zero-order valence-electron chi connectivity index (χ0n) is 18.2. The molecule has 0 bridgehead atoms. The maximum atomic E-state index is 10.8. The van der Waals surface area contributed by atoms with Gasteiger partial charge in [0.15, 0.2) is 0 Å². The van der Waals surface area contributed by atoms with E-state index < -0.39 is 6.10 Å². The Kier molecular flexibility index (Phi) is 6.23. The molecular weight excluding hydrogens is 388 g/mol. The first-order chi connectivity index (χ1) is 15.0. The van der Waals surface area contributed by atoms with Crippen molar-refractivity contribution in [3.8, 4) is 11.5 Å². The lowest BCUT2D eigenvalue weighted by Gasteiger charge is -2.18. The quantitative estimate of drug-likeness (QED) is 0.440. The summed E-state index contributed by atoms with van der Waals surface area (Å²) >= 11 is 0. The van der Waals surface area contributed by atoms with Crippen LogP contribution in [0.3, 0.4) is 0 Å². The molecule has 0 radical (unpaired) electrons. The molecule has 1 aromatic heterocycles. The van der Waals surface area contributed by atoms with Gasteiger partial charge in [0.2, 0.25) is 0 Å². The van der Waals surface area contributed by atoms with Gasteiger partial charge in [-0.25, -0.2) is 4.98 Å². The summed E-state index contributed by atoms with van der Waals surface area (Å²) in [6.07, 6.45) is -0.687. The number of para-hydroxylation sites is 3. The standard InChI is InChI=1S/C26H28N2O3/c1-18-13-19(2)26(20(3)14-18)31-16-21(29)15-28-24-12-8-7-11-23(24)27-25(28)17-30-22-9-5-4-6-10-22/h4-14,21,29H,15-17H2,1-3H3. The molecular formula is C26H28N2O3. The number of aryl methyl sites for hydroxylation is 3. The zero-order chi connectivity index (χ0) is 21.8. The van der Waals surface area contributed by atoms with Crippen molar-refractivity contribution in [3.63, 3.8) is 0 Å². The number of hydrogen-bond donors (Lipinski definition) is 1. The second-order valence-electron chi connectivity index (χ2n) is 7.92. The molecule has 31 heavy (non-hydrogen) atoms. The summed E-state index contributed by atoms with van der Waals surface area (Å²) in [6, 6.07) is 21.8. The van der Waals surface area contributed by atoms with Gasteiger partial charge in [-0.1, -0.05) is 48.0 Å². The summed E-state index contributed by atoms with van der Waals surface area (Å²) in [6.45, 7) is 7.03. The van der Waals surface area contributed by atoms with Crippen molar-refractivity contribution in [2.75, 3.05) is 6.61 Å². The molecule has 5 heteroatoms. The van der Waals surface area contributed by atoms with Crippen LogP contribution in [0.5, 0.6) is 11.5 Å². The molecule has 0 amide bonds. The predicted molar refractivity (Wildman–Crippen MR) is 123 cm³/mol. The summed E-state index contributed by atoms with van der Waals surface area (Å²) in [5.74, 6) is 2.40. The van der Waals surface area contributed by atoms with Crippen molar-refractivity contribution in [1.29, 1.82) is 0 Å². The Morgan fingerprint density at radius 3 is 2.32 bits per heavy atom. The van der Waals surface area contributed by atoms with Crippen molar-refractivity contribution in [2.45, 2.75) is 40.0 Å². The largest absolute Gasteiger partial charge is 0.490 e. The van der Waals surface area contributed by atoms with Crippen LogP contribution in [0, 0.1) is 20.8 Å². The molecule has 0 saturated heterocycles. The molecule has 0 aliphatic rings. The number of hydrogen-bond acceptors (Lipinski definition) is 4. The normalized spacial score (nSPS) is 12.1. The molecule has 4 aromatic rings. The van der Waals surface area contributed by atoms with E-state index in [1.165, 1.54) is 5.56 Å². The Labute approximate surface area is 182 Å². The smallest absolute Gasteiger partial charge is 0.148 e. The fourth-order valence-corrected chi connectivity index (χ4v) is 3.94. The number of benzene rings is 3. The van der Waals surface area contributed by atoms with Crippen LogP contribution < -0.4 is 9.47 Å². The SMILES string of the molecule is Cc1cc(C)c(OCC(O)Cn2c(COc3ccccc3)nc3ccccc32)c(C)c1. The lowest BCUT2D eigenvalue weighted by molar-refractivity contribution is 0.0911. The molecule has 0 saturated carbocycles. The van der Waals surface area contributed by atoms with Crippen molar-refractivity contribution < 1.29 is 14.6 Å². The third-order valence-corrected chi connectivity index (χ3v) is 5.26. The van der Waals surface area contributed by atoms with Gasteiger partial charge in [-0.3, -0.25) is 0 Å². The topological polar surface area (TPSA) is 56.5 Å². The molecule has 1 unspecified atom stereocenters. The first-order valence-electron chi connectivity index (χ1n) is 10.5. The summed E-state index contributed by atoms with van der Waals surface area (Å²) < 4.78 is 13.9. The van der Waals surface area contributed by atoms with E-state index in [0.29, 0.717) is 13.2 Å². The molecule has 1 heterocycles. The molecule has 0 aliphatic heterocycles. The average molecular weight is 417 g/mol. The minimum Gasteiger partial charge on any atom is -0.490 e. The van der Waals surface area contributed by atoms with Gasteiger partial charge < -0.3 is 19.1 Å². The fourth-order valence-electron chi connectivity index (χ4n) is 3.94. The first-order valence-corrected chi connectivity index (χ1v) is 10.5. The Balaban J connectivity index is 1.50. The van der Waals surface area contributed by atoms with Crippen LogP contribution >= 0.6 is 0 Å². The number of rotatable bonds is 8. The molecule has 0 spiro atoms. The summed E-state index contributed by atoms with van der Waals surface area (Å²) in [4.78, 5) is 4.72. The zero-order valence-corrected chi connectivity index (χ0v) is 18.2. The highest BCUT2D eigenvalue weighted by Gasteiger charge is 2.16. The number of imidazole rings is 1. The summed E-state index contributed by atoms with van der Waals surface area (Å²) in [7, 11) is 0. The van der Waals surface area contributed by atoms with Crippen LogP contribution in [0.4, 0.5) is 0 Å². The average Bonchev–Trinajstić information content (AvgIpc) is 3.09. The van der Waals surface area contributed by atoms with Crippen molar-refractivity contribution in [2.24, 2.45) is 0 Å². The molecule has 4 rings (SSSR count). The van der Waals surface area contributed by atoms with Gasteiger partial charge in [0.1, 0.15) is 36.6 Å². The minimum absolute atomic E-state index is 0.205. The predicted octanol–water partition coefficient (Wildman–Crippen LogP) is 4.98. The second kappa shape index (κ2) is 9.23. The van der Waals surface area contributed by atoms with E-state index in [4.69, 9.17) is 14.5 Å². The Hall–Kier alpha value is -3.31. The number of fused-ring (bicyclic) bond motifs is 1. The number of nitrogens with zero attached hydrogens (tertiary/aromatic N) is 2. The molecule has 3 aromatic carbocycles. The van der Waals surface area contributed by atoms with Crippen LogP contribution in [0.1, 0.15) is 22.5 Å². The maximum absolute atomic E-state index is 10.8. The monoisotopic (exact) mass is 416 g/mol. The Bertz CT molecular complexity index is 1140. The van der Waals surface area contributed by atoms with E-state index in [1.807, 2.05) is 73.0 Å². The van der Waals surface area contributed by atoms with Gasteiger partial charge in [0.25, 0.3) is 0 Å². The third-order valence-electron chi connectivity index (χ3n) is 5.26. The summed E-state index contributed by atoms with van der Waals surface area (Å²) in [5.41, 5.74) is 5.21. The lowest BCUT2D eigenvalue weighted by Crippen LogP contribution is -2.25. The van der Waals surface area contributed by atoms with Crippen molar-refractivity contribution >= 4 is 11.0 Å². The van der Waals surface area contributed by atoms with Crippen molar-refractivity contribution in [3.05, 3.63) is 89.2 Å². The molecule has 0 aliphatic carbocycles. The van der Waals surface area contributed by atoms with Gasteiger partial charge >= 0.3 is 0 Å². The lowest BCUT2D eigenvalue weighted by atomic mass is 10.1. The third kappa shape index (κ3) is 4.89. The minimum atomic E-state index is -0.687. The highest BCUT2D eigenvalue weighted by atomic mass is 16.5. The summed E-state index contributed by atoms with van der Waals surface area (Å²) in [5, 5.41) is 10.8. The molecule has 160 valence electrons. The molecule has 1 N–H and O–H groups in total. The van der Waals surface area contributed by atoms with Crippen LogP contribution in [-0.4, -0.2) is 27.4 Å². The van der Waals surface area contributed by atoms with E-state index >= 15 is 0 Å². The fraction of sp³-hybridized carbons (Fsp3) is 0.269. The van der Waals surface area contributed by atoms with Crippen LogP contribution in [0.2, 0.25) is 0 Å². The molecule has 1 atom stereocenters. The van der Waals surface area contributed by atoms with Gasteiger partial charge in [0, 0.05) is 0 Å². The maximum Gasteiger partial charge on any atom is 0.148 e. The molecule has 5 nitrogen and oxygen atoms in total. The van der Waals surface area contributed by atoms with E-state index in [9.17, 15) is 5.11 Å². The highest BCUT2D eigenvalue weighted by molar-refractivity contribution is 5.75. The van der Waals surface area contributed by atoms with E-state index in [2.05, 4.69) is 19.1 Å². The Morgan fingerprint density at radius 1 is 0.903 bits per heavy atom. The van der Waals surface area contributed by atoms with E-state index in [-0.39, 0.29) is 6.61 Å². The van der Waals surface area contributed by atoms with Gasteiger partial charge in [-0.15, -0.1) is 0 Å². The van der Waals surface area contributed by atoms with Crippen molar-refractivity contribution in [1.82, 2.24) is 9.55 Å². The van der Waals surface area contributed by atoms with E-state index in [1.54, 1.807) is 0 Å². The second-order valence-corrected chi connectivity index (χ2v) is 7.92. The van der Waals surface area contributed by atoms with Gasteiger partial charge in [-0.2, -0.15) is 0 Å². The van der Waals surface area contributed by atoms with Gasteiger partial charge in [-0.05, 0) is 56.2 Å². The van der Waals surface area contributed by atoms with E-state index in [0.717, 1.165) is 39.5 Å². The molecule has 0 fully saturated rings. The van der Waals surface area contributed by atoms with Gasteiger partial charge in [0.05, 0.1) is 17.6 Å². The number of aliphatic hydroxyl groups is 1. The van der Waals surface area contributed by atoms with Crippen LogP contribution in [0.15, 0.2) is 66.7 Å². The number of aromatic nitrogens is 2. The highest BCUT2D eigenvalue weighted by Crippen LogP contribution is 2.25. The Morgan fingerprint density at radius 2 is 1.58 bits per heavy atom. The number of ether oxygens (including phenoxy) is 2. The van der Waals surface area contributed by atoms with Crippen LogP contribution in [-0.2, 0) is 13.2 Å². The first kappa shape index (κ1) is 20.9. The number of aliphatic hydroxyl groups excluding tert-OH is 1. The van der Waals surface area contributed by atoms with Crippen LogP contribution in [0.25, 0.3) is 11.0 Å².